The molecular weight excluding hydrogens is 142 g/mol. The molecule has 1 aliphatic rings. The zero-order valence-corrected chi connectivity index (χ0v) is 6.76. The second-order valence-corrected chi connectivity index (χ2v) is 3.34. The summed E-state index contributed by atoms with van der Waals surface area (Å²) in [5, 5.41) is 8.71. The molecule has 0 aromatic carbocycles. The van der Waals surface area contributed by atoms with Crippen LogP contribution in [0.4, 0.5) is 0 Å². The fourth-order valence-electron chi connectivity index (χ4n) is 1.23. The van der Waals surface area contributed by atoms with Gasteiger partial charge in [-0.3, -0.25) is 4.79 Å². The van der Waals surface area contributed by atoms with E-state index >= 15 is 0 Å². The van der Waals surface area contributed by atoms with Crippen LogP contribution in [0, 0.1) is 22.7 Å². The summed E-state index contributed by atoms with van der Waals surface area (Å²) >= 11 is 0. The molecule has 3 heteroatoms. The topological polar surface area (TPSA) is 50.1 Å². The molecule has 1 atom stereocenters. The third-order valence-electron chi connectivity index (χ3n) is 2.09. The summed E-state index contributed by atoms with van der Waals surface area (Å²) in [5.74, 6) is -0.455. The van der Waals surface area contributed by atoms with E-state index in [-0.39, 0.29) is 11.9 Å². The molecule has 0 N–H and O–H groups in total. The number of rotatable bonds is 1. The highest BCUT2D eigenvalue weighted by atomic mass is 16.5. The number of carbonyl (C=O) groups excluding carboxylic acids is 1. The Balaban J connectivity index is 2.76. The van der Waals surface area contributed by atoms with Crippen molar-refractivity contribution in [2.75, 3.05) is 6.61 Å². The van der Waals surface area contributed by atoms with E-state index in [0.29, 0.717) is 13.0 Å². The Hall–Kier alpha value is -1.04. The molecule has 1 unspecified atom stereocenters. The summed E-state index contributed by atoms with van der Waals surface area (Å²) < 4.78 is 4.76. The Morgan fingerprint density at radius 2 is 2.36 bits per heavy atom. The van der Waals surface area contributed by atoms with Crippen molar-refractivity contribution >= 4 is 5.97 Å². The molecule has 60 valence electrons. The normalized spacial score (nSPS) is 24.5. The van der Waals surface area contributed by atoms with Crippen LogP contribution < -0.4 is 0 Å². The van der Waals surface area contributed by atoms with Crippen molar-refractivity contribution in [2.45, 2.75) is 20.3 Å². The van der Waals surface area contributed by atoms with Crippen LogP contribution >= 0.6 is 0 Å². The second-order valence-electron chi connectivity index (χ2n) is 3.34. The maximum atomic E-state index is 11.0. The average molecular weight is 153 g/mol. The number of carbonyl (C=O) groups is 1. The minimum Gasteiger partial charge on any atom is -0.465 e. The number of nitriles is 1. The van der Waals surface area contributed by atoms with Gasteiger partial charge in [0.05, 0.1) is 24.0 Å². The van der Waals surface area contributed by atoms with Crippen molar-refractivity contribution in [3.63, 3.8) is 0 Å². The van der Waals surface area contributed by atoms with Gasteiger partial charge in [-0.2, -0.15) is 5.26 Å². The van der Waals surface area contributed by atoms with E-state index in [2.05, 4.69) is 6.07 Å². The molecule has 1 aliphatic heterocycles. The summed E-state index contributed by atoms with van der Waals surface area (Å²) in [5.41, 5.74) is -0.576. The number of nitrogens with zero attached hydrogens (tertiary/aromatic N) is 1. The van der Waals surface area contributed by atoms with E-state index in [1.165, 1.54) is 0 Å². The number of ether oxygens (including phenoxy) is 1. The Morgan fingerprint density at radius 1 is 1.73 bits per heavy atom. The van der Waals surface area contributed by atoms with Crippen LogP contribution in [-0.4, -0.2) is 12.6 Å². The highest BCUT2D eigenvalue weighted by molar-refractivity contribution is 5.75. The van der Waals surface area contributed by atoms with Gasteiger partial charge >= 0.3 is 5.97 Å². The van der Waals surface area contributed by atoms with Gasteiger partial charge in [-0.1, -0.05) is 0 Å². The van der Waals surface area contributed by atoms with Crippen LogP contribution in [0.5, 0.6) is 0 Å². The first-order chi connectivity index (χ1) is 5.08. The molecule has 0 saturated carbocycles. The largest absolute Gasteiger partial charge is 0.465 e. The van der Waals surface area contributed by atoms with Gasteiger partial charge in [-0.15, -0.1) is 0 Å². The maximum Gasteiger partial charge on any atom is 0.310 e. The van der Waals surface area contributed by atoms with Gasteiger partial charge in [0.25, 0.3) is 0 Å². The van der Waals surface area contributed by atoms with E-state index in [4.69, 9.17) is 10.00 Å². The average Bonchev–Trinajstić information content (AvgIpc) is 2.36. The van der Waals surface area contributed by atoms with Crippen LogP contribution in [0.2, 0.25) is 0 Å². The highest BCUT2D eigenvalue weighted by Gasteiger charge is 2.39. The molecule has 0 aliphatic carbocycles. The number of hydrogen-bond donors (Lipinski definition) is 0. The summed E-state index contributed by atoms with van der Waals surface area (Å²) in [6, 6.07) is 2.11. The summed E-state index contributed by atoms with van der Waals surface area (Å²) in [6.07, 6.45) is 0.680. The molecule has 1 saturated heterocycles. The number of hydrogen-bond acceptors (Lipinski definition) is 3. The molecule has 1 rings (SSSR count). The molecule has 1 heterocycles. The SMILES string of the molecule is CC(C)(C#N)C1CCOC1=O. The van der Waals surface area contributed by atoms with Crippen molar-refractivity contribution in [3.05, 3.63) is 0 Å². The van der Waals surface area contributed by atoms with Crippen LogP contribution in [-0.2, 0) is 9.53 Å². The zero-order valence-electron chi connectivity index (χ0n) is 6.76. The van der Waals surface area contributed by atoms with E-state index in [1.54, 1.807) is 13.8 Å². The fraction of sp³-hybridized carbons (Fsp3) is 0.750. The third kappa shape index (κ3) is 1.35. The predicted molar refractivity (Wildman–Crippen MR) is 38.5 cm³/mol. The first-order valence-corrected chi connectivity index (χ1v) is 3.66. The van der Waals surface area contributed by atoms with Gasteiger partial charge in [-0.05, 0) is 20.3 Å². The van der Waals surface area contributed by atoms with Crippen molar-refractivity contribution in [1.82, 2.24) is 0 Å². The lowest BCUT2D eigenvalue weighted by Crippen LogP contribution is -2.25. The van der Waals surface area contributed by atoms with E-state index in [9.17, 15) is 4.79 Å². The Labute approximate surface area is 66.0 Å². The lowest BCUT2D eigenvalue weighted by atomic mass is 9.79. The predicted octanol–water partition coefficient (Wildman–Crippen LogP) is 1.10. The van der Waals surface area contributed by atoms with Gasteiger partial charge in [0.2, 0.25) is 0 Å². The quantitative estimate of drug-likeness (QED) is 0.530. The van der Waals surface area contributed by atoms with E-state index < -0.39 is 5.41 Å². The molecule has 0 spiro atoms. The maximum absolute atomic E-state index is 11.0. The third-order valence-corrected chi connectivity index (χ3v) is 2.09. The lowest BCUT2D eigenvalue weighted by Gasteiger charge is -2.19. The van der Waals surface area contributed by atoms with Gasteiger partial charge in [-0.25, -0.2) is 0 Å². The van der Waals surface area contributed by atoms with Crippen LogP contribution in [0.3, 0.4) is 0 Å². The van der Waals surface area contributed by atoms with Crippen molar-refractivity contribution in [1.29, 1.82) is 5.26 Å². The second kappa shape index (κ2) is 2.54. The first kappa shape index (κ1) is 8.06. The Kier molecular flexibility index (Phi) is 1.86. The van der Waals surface area contributed by atoms with Gasteiger partial charge in [0.1, 0.15) is 0 Å². The monoisotopic (exact) mass is 153 g/mol. The van der Waals surface area contributed by atoms with Crippen LogP contribution in [0.25, 0.3) is 0 Å². The molecule has 0 amide bonds. The van der Waals surface area contributed by atoms with Crippen LogP contribution in [0.15, 0.2) is 0 Å². The molecule has 0 aromatic heterocycles. The van der Waals surface area contributed by atoms with E-state index in [1.807, 2.05) is 0 Å². The first-order valence-electron chi connectivity index (χ1n) is 3.66. The minimum atomic E-state index is -0.576. The molecule has 0 aromatic rings. The highest BCUT2D eigenvalue weighted by Crippen LogP contribution is 2.32. The molecular formula is C8H11NO2. The molecule has 0 radical (unpaired) electrons. The van der Waals surface area contributed by atoms with Gasteiger partial charge in [0, 0.05) is 0 Å². The van der Waals surface area contributed by atoms with Crippen LogP contribution in [0.1, 0.15) is 20.3 Å². The Bertz CT molecular complexity index is 215. The summed E-state index contributed by atoms with van der Waals surface area (Å²) in [4.78, 5) is 11.0. The van der Waals surface area contributed by atoms with Gasteiger partial charge in [0.15, 0.2) is 0 Å². The lowest BCUT2D eigenvalue weighted by molar-refractivity contribution is -0.143. The smallest absolute Gasteiger partial charge is 0.310 e. The molecule has 1 fully saturated rings. The number of cyclic esters (lactones) is 1. The molecule has 11 heavy (non-hydrogen) atoms. The van der Waals surface area contributed by atoms with Crippen molar-refractivity contribution < 1.29 is 9.53 Å². The fourth-order valence-corrected chi connectivity index (χ4v) is 1.23. The zero-order chi connectivity index (χ0) is 8.48. The standard InChI is InChI=1S/C8H11NO2/c1-8(2,5-9)6-3-4-11-7(6)10/h6H,3-4H2,1-2H3. The molecule has 0 bridgehead atoms. The summed E-state index contributed by atoms with van der Waals surface area (Å²) in [6.45, 7) is 4.00. The Morgan fingerprint density at radius 3 is 2.73 bits per heavy atom. The molecule has 3 nitrogen and oxygen atoms in total. The van der Waals surface area contributed by atoms with Gasteiger partial charge < -0.3 is 4.74 Å². The van der Waals surface area contributed by atoms with Crippen molar-refractivity contribution in [2.24, 2.45) is 11.3 Å². The number of esters is 1. The van der Waals surface area contributed by atoms with E-state index in [0.717, 1.165) is 0 Å². The van der Waals surface area contributed by atoms with Crippen molar-refractivity contribution in [3.8, 4) is 6.07 Å². The minimum absolute atomic E-state index is 0.225. The summed E-state index contributed by atoms with van der Waals surface area (Å²) in [7, 11) is 0.